The average molecular weight is 217 g/mol. The van der Waals surface area contributed by atoms with Crippen LogP contribution in [0.1, 0.15) is 9.67 Å². The summed E-state index contributed by atoms with van der Waals surface area (Å²) < 4.78 is 21.1. The van der Waals surface area contributed by atoms with Gasteiger partial charge in [-0.25, -0.2) is 0 Å². The van der Waals surface area contributed by atoms with Gasteiger partial charge in [0, 0.05) is 0 Å². The molecule has 0 aromatic heterocycles. The molecule has 0 unspecified atom stereocenters. The Bertz CT molecular complexity index is 283. The molecule has 0 saturated heterocycles. The summed E-state index contributed by atoms with van der Waals surface area (Å²) >= 11 is -0.195. The Kier molecular flexibility index (Phi) is 2.45. The van der Waals surface area contributed by atoms with E-state index >= 15 is 0 Å². The van der Waals surface area contributed by atoms with Crippen LogP contribution in [0.5, 0.6) is 5.75 Å². The molecule has 0 spiro atoms. The molecule has 60 valence electrons. The fraction of sp³-hybridized carbons (Fsp3) is 0.333. The number of para-hydroxylation sites is 1. The molecule has 0 fully saturated rings. The van der Waals surface area contributed by atoms with Gasteiger partial charge in [0.05, 0.1) is 0 Å². The van der Waals surface area contributed by atoms with Crippen LogP contribution in [0.15, 0.2) is 24.3 Å². The fourth-order valence-corrected chi connectivity index (χ4v) is 2.11. The van der Waals surface area contributed by atoms with Crippen LogP contribution in [-0.4, -0.2) is 22.1 Å². The molecule has 1 atom stereocenters. The molecule has 0 aliphatic carbocycles. The molecule has 0 aliphatic rings. The van der Waals surface area contributed by atoms with Crippen molar-refractivity contribution < 1.29 is 7.48 Å². The molecule has 0 heterocycles. The maximum absolute atomic E-state index is 7.48. The third kappa shape index (κ3) is 2.25. The molecule has 0 amide bonds. The van der Waals surface area contributed by atoms with Gasteiger partial charge in [0.15, 0.2) is 0 Å². The minimum atomic E-state index is -1.12. The van der Waals surface area contributed by atoms with Crippen molar-refractivity contribution in [3.63, 3.8) is 0 Å². The Labute approximate surface area is 76.7 Å². The summed E-state index contributed by atoms with van der Waals surface area (Å²) in [5.74, 6) is 0.785. The van der Waals surface area contributed by atoms with E-state index in [0.717, 1.165) is 10.2 Å². The first kappa shape index (κ1) is 6.10. The van der Waals surface area contributed by atoms with Crippen LogP contribution in [0, 0.1) is 0 Å². The Hall–Kier alpha value is -0.461. The van der Waals surface area contributed by atoms with Gasteiger partial charge in [-0.1, -0.05) is 0 Å². The van der Waals surface area contributed by atoms with Gasteiger partial charge in [-0.2, -0.15) is 0 Å². The number of hydrogen-bond acceptors (Lipinski definition) is 1. The molecule has 0 N–H and O–H groups in total. The van der Waals surface area contributed by atoms with Crippen molar-refractivity contribution in [3.8, 4) is 5.75 Å². The van der Waals surface area contributed by atoms with Crippen molar-refractivity contribution in [2.24, 2.45) is 0 Å². The summed E-state index contributed by atoms with van der Waals surface area (Å²) in [6.45, 7) is 1.60. The molecule has 1 aromatic rings. The topological polar surface area (TPSA) is 9.23 Å². The summed E-state index contributed by atoms with van der Waals surface area (Å²) in [4.78, 5) is 0. The van der Waals surface area contributed by atoms with Gasteiger partial charge in [0.1, 0.15) is 0 Å². The normalized spacial score (nSPS) is 18.0. The molecular formula is C9H12OSe. The first-order valence-corrected chi connectivity index (χ1v) is 5.06. The number of benzene rings is 1. The van der Waals surface area contributed by atoms with Crippen LogP contribution in [-0.2, 0) is 0 Å². The Balaban J connectivity index is 2.87. The van der Waals surface area contributed by atoms with Gasteiger partial charge in [-0.15, -0.1) is 0 Å². The van der Waals surface area contributed by atoms with E-state index < -0.39 is 5.27 Å². The van der Waals surface area contributed by atoms with Crippen molar-refractivity contribution in [2.45, 2.75) is 12.2 Å². The second-order valence-electron chi connectivity index (χ2n) is 1.96. The van der Waals surface area contributed by atoms with E-state index in [2.05, 4.69) is 0 Å². The van der Waals surface area contributed by atoms with Gasteiger partial charge in [-0.3, -0.25) is 0 Å². The molecular weight excluding hydrogens is 204 g/mol. The van der Waals surface area contributed by atoms with Crippen LogP contribution < -0.4 is 9.20 Å². The molecule has 0 bridgehead atoms. The van der Waals surface area contributed by atoms with Crippen LogP contribution >= 0.6 is 0 Å². The van der Waals surface area contributed by atoms with Gasteiger partial charge in [0.25, 0.3) is 0 Å². The van der Waals surface area contributed by atoms with E-state index in [0.29, 0.717) is 0 Å². The van der Waals surface area contributed by atoms with Gasteiger partial charge in [0.2, 0.25) is 0 Å². The number of rotatable bonds is 3. The van der Waals surface area contributed by atoms with Crippen molar-refractivity contribution in [1.82, 2.24) is 0 Å². The summed E-state index contributed by atoms with van der Waals surface area (Å²) in [6, 6.07) is 7.58. The van der Waals surface area contributed by atoms with Crippen molar-refractivity contribution in [3.05, 3.63) is 24.3 Å². The molecule has 0 radical (unpaired) electrons. The van der Waals surface area contributed by atoms with Crippen molar-refractivity contribution in [2.75, 3.05) is 7.11 Å². The quantitative estimate of drug-likeness (QED) is 0.550. The SMILES string of the molecule is [1H][13C@@]([2H])(C)[Se]c1ccccc1OC. The van der Waals surface area contributed by atoms with Gasteiger partial charge in [-0.05, 0) is 0 Å². The van der Waals surface area contributed by atoms with Crippen molar-refractivity contribution in [1.29, 1.82) is 0 Å². The molecule has 0 saturated carbocycles. The zero-order valence-corrected chi connectivity index (χ0v) is 8.34. The molecule has 1 aromatic carbocycles. The second-order valence-corrected chi connectivity index (χ2v) is 4.16. The first-order chi connectivity index (χ1) is 6.03. The molecule has 2 heteroatoms. The van der Waals surface area contributed by atoms with Gasteiger partial charge < -0.3 is 0 Å². The van der Waals surface area contributed by atoms with Crippen molar-refractivity contribution >= 4 is 19.4 Å². The third-order valence-corrected chi connectivity index (χ3v) is 2.88. The van der Waals surface area contributed by atoms with E-state index in [1.165, 1.54) is 0 Å². The second kappa shape index (κ2) is 4.42. The summed E-state index contributed by atoms with van der Waals surface area (Å²) in [6.07, 6.45) is 0. The third-order valence-electron chi connectivity index (χ3n) is 1.28. The van der Waals surface area contributed by atoms with E-state index in [1.807, 2.05) is 24.3 Å². The number of ether oxygens (including phenoxy) is 1. The van der Waals surface area contributed by atoms with Crippen LogP contribution in [0.2, 0.25) is 5.27 Å². The zero-order valence-electron chi connectivity index (χ0n) is 8.63. The molecule has 11 heavy (non-hydrogen) atoms. The molecule has 1 rings (SSSR count). The molecule has 1 nitrogen and oxygen atoms in total. The first-order valence-electron chi connectivity index (χ1n) is 4.35. The molecule has 0 aliphatic heterocycles. The predicted octanol–water partition coefficient (Wildman–Crippen LogP) is 1.46. The number of hydrogen-bond donors (Lipinski definition) is 0. The summed E-state index contributed by atoms with van der Waals surface area (Å²) in [7, 11) is 1.61. The number of methoxy groups -OCH3 is 1. The summed E-state index contributed by atoms with van der Waals surface area (Å²) in [5, 5.41) is -1.12. The maximum atomic E-state index is 7.48. The Morgan fingerprint density at radius 3 is 3.09 bits per heavy atom. The Morgan fingerprint density at radius 1 is 1.73 bits per heavy atom. The average Bonchev–Trinajstić information content (AvgIpc) is 2.02. The van der Waals surface area contributed by atoms with E-state index in [4.69, 9.17) is 7.48 Å². The van der Waals surface area contributed by atoms with E-state index in [1.54, 1.807) is 14.0 Å². The predicted molar refractivity (Wildman–Crippen MR) is 48.9 cm³/mol. The Morgan fingerprint density at radius 2 is 2.45 bits per heavy atom. The summed E-state index contributed by atoms with van der Waals surface area (Å²) in [5.41, 5.74) is 0. The van der Waals surface area contributed by atoms with Crippen LogP contribution in [0.4, 0.5) is 0 Å². The van der Waals surface area contributed by atoms with Crippen LogP contribution in [0.25, 0.3) is 0 Å². The monoisotopic (exact) mass is 218 g/mol. The zero-order chi connectivity index (χ0) is 9.90. The van der Waals surface area contributed by atoms with Crippen LogP contribution in [0.3, 0.4) is 0 Å². The minimum absolute atomic E-state index is 0.195. The van der Waals surface area contributed by atoms with Gasteiger partial charge >= 0.3 is 76.2 Å². The van der Waals surface area contributed by atoms with E-state index in [-0.39, 0.29) is 15.0 Å². The fourth-order valence-electron chi connectivity index (χ4n) is 0.813. The standard InChI is InChI=1S/C9H12OSe/c1-3-11-9-7-5-4-6-8(9)10-2/h4-7H,3H2,1-2H3/i3+1DH/t3-/m1/s1. The van der Waals surface area contributed by atoms with E-state index in [9.17, 15) is 0 Å².